The molecule has 1 saturated heterocycles. The number of nitrogens with zero attached hydrogens (tertiary/aromatic N) is 4. The Morgan fingerprint density at radius 2 is 1.88 bits per heavy atom. The fourth-order valence-corrected chi connectivity index (χ4v) is 4.93. The van der Waals surface area contributed by atoms with E-state index in [-0.39, 0.29) is 16.0 Å². The molecule has 3 rings (SSSR count). The maximum atomic E-state index is 12.9. The van der Waals surface area contributed by atoms with Gasteiger partial charge in [0, 0.05) is 19.6 Å². The summed E-state index contributed by atoms with van der Waals surface area (Å²) < 4.78 is 29.2. The van der Waals surface area contributed by atoms with Crippen molar-refractivity contribution in [2.75, 3.05) is 13.1 Å². The minimum Gasteiger partial charge on any atom is -0.478 e. The summed E-state index contributed by atoms with van der Waals surface area (Å²) in [5.74, 6) is -0.754. The van der Waals surface area contributed by atoms with Gasteiger partial charge in [-0.1, -0.05) is 6.07 Å². The van der Waals surface area contributed by atoms with Gasteiger partial charge in [-0.15, -0.1) is 10.2 Å². The third kappa shape index (κ3) is 3.57. The highest BCUT2D eigenvalue weighted by atomic mass is 32.2. The van der Waals surface area contributed by atoms with Gasteiger partial charge in [0.25, 0.3) is 0 Å². The molecule has 0 saturated carbocycles. The fourth-order valence-electron chi connectivity index (χ4n) is 3.21. The SMILES string of the molecule is Cc1c(C(=O)O)cccc1S(=O)(=O)N1CCC(Cn2cnnc2)CC1. The molecule has 2 aromatic rings. The molecular formula is C16H20N4O4S. The van der Waals surface area contributed by atoms with Crippen molar-refractivity contribution in [2.24, 2.45) is 5.92 Å². The van der Waals surface area contributed by atoms with E-state index in [4.69, 9.17) is 0 Å². The molecule has 1 aromatic heterocycles. The van der Waals surface area contributed by atoms with Crippen LogP contribution in [0.4, 0.5) is 0 Å². The Morgan fingerprint density at radius 1 is 1.24 bits per heavy atom. The van der Waals surface area contributed by atoms with Crippen LogP contribution in [-0.2, 0) is 16.6 Å². The van der Waals surface area contributed by atoms with Crippen molar-refractivity contribution in [3.8, 4) is 0 Å². The first-order valence-corrected chi connectivity index (χ1v) is 9.49. The maximum absolute atomic E-state index is 12.9. The molecule has 9 heteroatoms. The number of carboxylic acids is 1. The number of hydrogen-bond donors (Lipinski definition) is 1. The molecule has 0 spiro atoms. The van der Waals surface area contributed by atoms with Gasteiger partial charge in [0.1, 0.15) is 12.7 Å². The van der Waals surface area contributed by atoms with Crippen LogP contribution in [0.3, 0.4) is 0 Å². The van der Waals surface area contributed by atoms with Gasteiger partial charge in [0.2, 0.25) is 10.0 Å². The number of piperidine rings is 1. The van der Waals surface area contributed by atoms with Crippen molar-refractivity contribution in [3.63, 3.8) is 0 Å². The van der Waals surface area contributed by atoms with E-state index in [1.165, 1.54) is 29.4 Å². The van der Waals surface area contributed by atoms with Crippen LogP contribution >= 0.6 is 0 Å². The van der Waals surface area contributed by atoms with Gasteiger partial charge < -0.3 is 9.67 Å². The Morgan fingerprint density at radius 3 is 2.48 bits per heavy atom. The summed E-state index contributed by atoms with van der Waals surface area (Å²) in [5, 5.41) is 16.7. The van der Waals surface area contributed by atoms with Gasteiger partial charge in [-0.05, 0) is 43.4 Å². The quantitative estimate of drug-likeness (QED) is 0.859. The molecule has 0 amide bonds. The van der Waals surface area contributed by atoms with E-state index in [9.17, 15) is 18.3 Å². The minimum absolute atomic E-state index is 0.0172. The lowest BCUT2D eigenvalue weighted by atomic mass is 9.98. The molecule has 0 unspecified atom stereocenters. The average Bonchev–Trinajstić information content (AvgIpc) is 3.08. The number of carboxylic acid groups (broad SMARTS) is 1. The fraction of sp³-hybridized carbons (Fsp3) is 0.438. The molecule has 2 heterocycles. The van der Waals surface area contributed by atoms with Gasteiger partial charge >= 0.3 is 5.97 Å². The normalized spacial score (nSPS) is 16.8. The lowest BCUT2D eigenvalue weighted by molar-refractivity contribution is 0.0696. The van der Waals surface area contributed by atoms with Gasteiger partial charge in [0.15, 0.2) is 0 Å². The first-order chi connectivity index (χ1) is 11.9. The molecule has 0 atom stereocenters. The molecule has 0 bridgehead atoms. The van der Waals surface area contributed by atoms with Crippen LogP contribution < -0.4 is 0 Å². The van der Waals surface area contributed by atoms with E-state index in [0.717, 1.165) is 19.4 Å². The van der Waals surface area contributed by atoms with Crippen molar-refractivity contribution in [3.05, 3.63) is 42.0 Å². The third-order valence-electron chi connectivity index (χ3n) is 4.64. The first kappa shape index (κ1) is 17.6. The second-order valence-corrected chi connectivity index (χ2v) is 8.15. The highest BCUT2D eigenvalue weighted by Gasteiger charge is 2.31. The summed E-state index contributed by atoms with van der Waals surface area (Å²) >= 11 is 0. The summed E-state index contributed by atoms with van der Waals surface area (Å²) in [4.78, 5) is 11.3. The van der Waals surface area contributed by atoms with Crippen molar-refractivity contribution >= 4 is 16.0 Å². The van der Waals surface area contributed by atoms with E-state index in [2.05, 4.69) is 10.2 Å². The Balaban J connectivity index is 1.74. The average molecular weight is 364 g/mol. The second kappa shape index (κ2) is 6.93. The largest absolute Gasteiger partial charge is 0.478 e. The molecule has 134 valence electrons. The Labute approximate surface area is 146 Å². The van der Waals surface area contributed by atoms with Crippen LogP contribution in [0.2, 0.25) is 0 Å². The zero-order valence-electron chi connectivity index (χ0n) is 13.9. The lowest BCUT2D eigenvalue weighted by Crippen LogP contribution is -2.39. The standard InChI is InChI=1S/C16H20N4O4S/c1-12-14(16(21)22)3-2-4-15(12)25(23,24)20-7-5-13(6-8-20)9-19-10-17-18-11-19/h2-4,10-11,13H,5-9H2,1H3,(H,21,22). The van der Waals surface area contributed by atoms with Crippen LogP contribution in [0.25, 0.3) is 0 Å². The predicted octanol–water partition coefficient (Wildman–Crippen LogP) is 1.39. The zero-order valence-corrected chi connectivity index (χ0v) is 14.7. The summed E-state index contributed by atoms with van der Waals surface area (Å²) in [6, 6.07) is 4.37. The van der Waals surface area contributed by atoms with E-state index in [0.29, 0.717) is 19.0 Å². The number of carbonyl (C=O) groups is 1. The molecule has 0 radical (unpaired) electrons. The predicted molar refractivity (Wildman–Crippen MR) is 89.6 cm³/mol. The maximum Gasteiger partial charge on any atom is 0.335 e. The van der Waals surface area contributed by atoms with Gasteiger partial charge in [-0.2, -0.15) is 4.31 Å². The summed E-state index contributed by atoms with van der Waals surface area (Å²) in [5.41, 5.74) is 0.296. The molecule has 1 aliphatic rings. The number of aromatic carboxylic acids is 1. The molecule has 1 aromatic carbocycles. The smallest absolute Gasteiger partial charge is 0.335 e. The topological polar surface area (TPSA) is 105 Å². The number of rotatable bonds is 5. The van der Waals surface area contributed by atoms with Crippen LogP contribution in [0.15, 0.2) is 35.7 Å². The Kier molecular flexibility index (Phi) is 4.87. The van der Waals surface area contributed by atoms with E-state index in [1.54, 1.807) is 12.7 Å². The van der Waals surface area contributed by atoms with Gasteiger partial charge in [-0.25, -0.2) is 13.2 Å². The number of benzene rings is 1. The number of hydrogen-bond acceptors (Lipinski definition) is 5. The van der Waals surface area contributed by atoms with E-state index < -0.39 is 16.0 Å². The summed E-state index contributed by atoms with van der Waals surface area (Å²) in [7, 11) is -3.70. The monoisotopic (exact) mass is 364 g/mol. The molecule has 1 N–H and O–H groups in total. The third-order valence-corrected chi connectivity index (χ3v) is 6.68. The molecule has 8 nitrogen and oxygen atoms in total. The Bertz CT molecular complexity index is 856. The van der Waals surface area contributed by atoms with Crippen LogP contribution in [0.1, 0.15) is 28.8 Å². The van der Waals surface area contributed by atoms with Crippen molar-refractivity contribution < 1.29 is 18.3 Å². The van der Waals surface area contributed by atoms with Gasteiger partial charge in [0.05, 0.1) is 10.5 Å². The van der Waals surface area contributed by atoms with Gasteiger partial charge in [-0.3, -0.25) is 0 Å². The summed E-state index contributed by atoms with van der Waals surface area (Å²) in [6.07, 6.45) is 4.80. The number of aromatic nitrogens is 3. The van der Waals surface area contributed by atoms with E-state index in [1.807, 2.05) is 4.57 Å². The molecule has 1 fully saturated rings. The zero-order chi connectivity index (χ0) is 18.0. The van der Waals surface area contributed by atoms with Crippen LogP contribution in [0.5, 0.6) is 0 Å². The van der Waals surface area contributed by atoms with Crippen molar-refractivity contribution in [1.29, 1.82) is 0 Å². The Hall–Kier alpha value is -2.26. The summed E-state index contributed by atoms with van der Waals surface area (Å²) in [6.45, 7) is 3.15. The minimum atomic E-state index is -3.70. The highest BCUT2D eigenvalue weighted by molar-refractivity contribution is 7.89. The second-order valence-electron chi connectivity index (χ2n) is 6.24. The molecule has 1 aliphatic heterocycles. The highest BCUT2D eigenvalue weighted by Crippen LogP contribution is 2.27. The van der Waals surface area contributed by atoms with Crippen LogP contribution in [-0.4, -0.2) is 51.7 Å². The molecular weight excluding hydrogens is 344 g/mol. The van der Waals surface area contributed by atoms with Crippen molar-refractivity contribution in [2.45, 2.75) is 31.2 Å². The van der Waals surface area contributed by atoms with E-state index >= 15 is 0 Å². The first-order valence-electron chi connectivity index (χ1n) is 8.05. The number of sulfonamides is 1. The molecule has 25 heavy (non-hydrogen) atoms. The van der Waals surface area contributed by atoms with Crippen molar-refractivity contribution in [1.82, 2.24) is 19.1 Å². The molecule has 0 aliphatic carbocycles. The lowest BCUT2D eigenvalue weighted by Gasteiger charge is -2.31. The van der Waals surface area contributed by atoms with Crippen LogP contribution in [0, 0.1) is 12.8 Å².